The largest absolute Gasteiger partial charge is 0.354 e. The van der Waals surface area contributed by atoms with E-state index in [0.717, 1.165) is 12.0 Å². The van der Waals surface area contributed by atoms with Crippen LogP contribution in [-0.4, -0.2) is 24.7 Å². The maximum absolute atomic E-state index is 11.0. The highest BCUT2D eigenvalue weighted by atomic mass is 16.1. The van der Waals surface area contributed by atoms with Gasteiger partial charge in [0.05, 0.1) is 0 Å². The van der Waals surface area contributed by atoms with E-state index < -0.39 is 0 Å². The van der Waals surface area contributed by atoms with Crippen LogP contribution in [0.5, 0.6) is 0 Å². The van der Waals surface area contributed by atoms with E-state index in [-0.39, 0.29) is 11.9 Å². The minimum Gasteiger partial charge on any atom is -0.354 e. The highest BCUT2D eigenvalue weighted by Gasteiger charge is 2.04. The molecule has 1 atom stereocenters. The third kappa shape index (κ3) is 5.53. The summed E-state index contributed by atoms with van der Waals surface area (Å²) in [6, 6.07) is 8.13. The molecule has 0 radical (unpaired) electrons. The summed E-state index contributed by atoms with van der Waals surface area (Å²) in [4.78, 5) is 14.9. The van der Waals surface area contributed by atoms with Crippen LogP contribution in [0.4, 0.5) is 0 Å². The number of benzene rings is 1. The van der Waals surface area contributed by atoms with Crippen molar-refractivity contribution in [3.63, 3.8) is 0 Å². The Hall–Kier alpha value is -2.34. The summed E-state index contributed by atoms with van der Waals surface area (Å²) in [7, 11) is 1.69. The molecule has 0 fully saturated rings. The number of nitrogens with zero attached hydrogens (tertiary/aromatic N) is 1. The van der Waals surface area contributed by atoms with Crippen molar-refractivity contribution in [1.29, 1.82) is 0 Å². The first kappa shape index (κ1) is 15.7. The van der Waals surface area contributed by atoms with Gasteiger partial charge in [0.15, 0.2) is 0 Å². The second-order valence-corrected chi connectivity index (χ2v) is 4.57. The first-order chi connectivity index (χ1) is 9.55. The molecule has 3 nitrogen and oxygen atoms in total. The van der Waals surface area contributed by atoms with Gasteiger partial charge in [-0.25, -0.2) is 0 Å². The zero-order valence-electron chi connectivity index (χ0n) is 12.2. The van der Waals surface area contributed by atoms with Gasteiger partial charge in [-0.2, -0.15) is 0 Å². The summed E-state index contributed by atoms with van der Waals surface area (Å²) in [6.07, 6.45) is 2.44. The van der Waals surface area contributed by atoms with Gasteiger partial charge < -0.3 is 5.32 Å². The molecule has 0 aliphatic heterocycles. The lowest BCUT2D eigenvalue weighted by Gasteiger charge is -2.12. The third-order valence-corrected chi connectivity index (χ3v) is 2.71. The van der Waals surface area contributed by atoms with E-state index in [1.165, 1.54) is 12.5 Å². The van der Waals surface area contributed by atoms with Crippen LogP contribution in [0.1, 0.15) is 25.0 Å². The van der Waals surface area contributed by atoms with Crippen molar-refractivity contribution in [2.24, 2.45) is 4.99 Å². The van der Waals surface area contributed by atoms with E-state index >= 15 is 0 Å². The summed E-state index contributed by atoms with van der Waals surface area (Å²) >= 11 is 0. The molecule has 0 saturated carbocycles. The van der Waals surface area contributed by atoms with Gasteiger partial charge in [0, 0.05) is 25.6 Å². The lowest BCUT2D eigenvalue weighted by molar-refractivity contribution is -0.119. The van der Waals surface area contributed by atoms with Crippen molar-refractivity contribution in [3.05, 3.63) is 48.0 Å². The van der Waals surface area contributed by atoms with E-state index in [9.17, 15) is 4.79 Å². The van der Waals surface area contributed by atoms with Gasteiger partial charge in [-0.05, 0) is 43.0 Å². The van der Waals surface area contributed by atoms with Crippen LogP contribution in [0.15, 0.2) is 41.9 Å². The SMILES string of the molecule is C=CC(C#Cc1ccc(CC(C)NC(C)=O)cc1)=NC. The quantitative estimate of drug-likeness (QED) is 0.661. The maximum atomic E-state index is 11.0. The van der Waals surface area contributed by atoms with Gasteiger partial charge in [0.1, 0.15) is 5.71 Å². The van der Waals surface area contributed by atoms with Gasteiger partial charge in [-0.15, -0.1) is 0 Å². The van der Waals surface area contributed by atoms with Crippen molar-refractivity contribution in [3.8, 4) is 11.8 Å². The summed E-state index contributed by atoms with van der Waals surface area (Å²) < 4.78 is 0. The number of allylic oxidation sites excluding steroid dienone is 1. The van der Waals surface area contributed by atoms with Crippen LogP contribution in [0.3, 0.4) is 0 Å². The average molecular weight is 268 g/mol. The van der Waals surface area contributed by atoms with Crippen LogP contribution in [0.2, 0.25) is 0 Å². The number of carbonyl (C=O) groups is 1. The van der Waals surface area contributed by atoms with E-state index in [4.69, 9.17) is 0 Å². The molecular formula is C17H20N2O. The van der Waals surface area contributed by atoms with Crippen molar-refractivity contribution in [1.82, 2.24) is 5.32 Å². The molecule has 1 unspecified atom stereocenters. The smallest absolute Gasteiger partial charge is 0.217 e. The van der Waals surface area contributed by atoms with Crippen molar-refractivity contribution < 1.29 is 4.79 Å². The fraction of sp³-hybridized carbons (Fsp3) is 0.294. The monoisotopic (exact) mass is 268 g/mol. The first-order valence-corrected chi connectivity index (χ1v) is 6.52. The minimum atomic E-state index is -0.00389. The Kier molecular flexibility index (Phi) is 6.25. The van der Waals surface area contributed by atoms with Crippen molar-refractivity contribution >= 4 is 11.6 Å². The molecule has 0 aromatic heterocycles. The Morgan fingerprint density at radius 1 is 1.45 bits per heavy atom. The zero-order valence-corrected chi connectivity index (χ0v) is 12.2. The highest BCUT2D eigenvalue weighted by molar-refractivity contribution is 6.08. The number of aliphatic imine (C=N–C) groups is 1. The normalized spacial score (nSPS) is 12.1. The molecule has 0 aliphatic rings. The predicted molar refractivity (Wildman–Crippen MR) is 83.9 cm³/mol. The van der Waals surface area contributed by atoms with Gasteiger partial charge >= 0.3 is 0 Å². The number of nitrogens with one attached hydrogen (secondary N) is 1. The molecule has 1 N–H and O–H groups in total. The molecule has 3 heteroatoms. The fourth-order valence-electron chi connectivity index (χ4n) is 1.81. The molecular weight excluding hydrogens is 248 g/mol. The summed E-state index contributed by atoms with van der Waals surface area (Å²) in [5.41, 5.74) is 2.78. The Morgan fingerprint density at radius 3 is 2.60 bits per heavy atom. The molecule has 1 aromatic carbocycles. The fourth-order valence-corrected chi connectivity index (χ4v) is 1.81. The van der Waals surface area contributed by atoms with E-state index in [2.05, 4.69) is 28.7 Å². The second kappa shape index (κ2) is 7.96. The number of amides is 1. The predicted octanol–water partition coefficient (Wildman–Crippen LogP) is 2.36. The number of carbonyl (C=O) groups excluding carboxylic acids is 1. The Labute approximate surface area is 120 Å². The molecule has 104 valence electrons. The van der Waals surface area contributed by atoms with Gasteiger partial charge in [-0.3, -0.25) is 9.79 Å². The molecule has 0 spiro atoms. The molecule has 0 aliphatic carbocycles. The van der Waals surface area contributed by atoms with Crippen LogP contribution in [0.25, 0.3) is 0 Å². The third-order valence-electron chi connectivity index (χ3n) is 2.71. The highest BCUT2D eigenvalue weighted by Crippen LogP contribution is 2.06. The zero-order chi connectivity index (χ0) is 15.0. The lowest BCUT2D eigenvalue weighted by Crippen LogP contribution is -2.31. The van der Waals surface area contributed by atoms with Crippen LogP contribution in [0, 0.1) is 11.8 Å². The number of hydrogen-bond donors (Lipinski definition) is 1. The van der Waals surface area contributed by atoms with Crippen molar-refractivity contribution in [2.75, 3.05) is 7.05 Å². The van der Waals surface area contributed by atoms with Gasteiger partial charge in [0.2, 0.25) is 5.91 Å². The van der Waals surface area contributed by atoms with Gasteiger partial charge in [0.25, 0.3) is 0 Å². The number of rotatable bonds is 4. The molecule has 1 amide bonds. The van der Waals surface area contributed by atoms with E-state index in [0.29, 0.717) is 5.71 Å². The summed E-state index contributed by atoms with van der Waals surface area (Å²) in [5.74, 6) is 5.98. The molecule has 1 aromatic rings. The molecule has 0 bridgehead atoms. The van der Waals surface area contributed by atoms with Crippen LogP contribution < -0.4 is 5.32 Å². The topological polar surface area (TPSA) is 41.5 Å². The minimum absolute atomic E-state index is 0.00389. The van der Waals surface area contributed by atoms with Crippen LogP contribution in [-0.2, 0) is 11.2 Å². The summed E-state index contributed by atoms with van der Waals surface area (Å²) in [6.45, 7) is 7.17. The molecule has 20 heavy (non-hydrogen) atoms. The molecule has 1 rings (SSSR count). The molecule has 0 saturated heterocycles. The summed E-state index contributed by atoms with van der Waals surface area (Å²) in [5, 5.41) is 2.87. The van der Waals surface area contributed by atoms with Gasteiger partial charge in [-0.1, -0.05) is 24.6 Å². The Balaban J connectivity index is 2.69. The van der Waals surface area contributed by atoms with Crippen molar-refractivity contribution in [2.45, 2.75) is 26.3 Å². The number of hydrogen-bond acceptors (Lipinski definition) is 2. The Bertz CT molecular complexity index is 559. The maximum Gasteiger partial charge on any atom is 0.217 e. The van der Waals surface area contributed by atoms with E-state index in [1.807, 2.05) is 31.2 Å². The first-order valence-electron chi connectivity index (χ1n) is 6.52. The standard InChI is InChI=1S/C17H20N2O/c1-5-17(18-4)11-10-15-6-8-16(9-7-15)12-13(2)19-14(3)20/h5-9,13H,1,12H2,2-4H3,(H,19,20). The van der Waals surface area contributed by atoms with Crippen LogP contribution >= 0.6 is 0 Å². The molecule has 0 heterocycles. The van der Waals surface area contributed by atoms with E-state index in [1.54, 1.807) is 13.1 Å². The average Bonchev–Trinajstić information content (AvgIpc) is 2.40. The lowest BCUT2D eigenvalue weighted by atomic mass is 10.1. The Morgan fingerprint density at radius 2 is 2.10 bits per heavy atom. The second-order valence-electron chi connectivity index (χ2n) is 4.57.